The summed E-state index contributed by atoms with van der Waals surface area (Å²) < 4.78 is 4.83. The zero-order valence-electron chi connectivity index (χ0n) is 7.92. The smallest absolute Gasteiger partial charge is 0.263 e. The summed E-state index contributed by atoms with van der Waals surface area (Å²) in [5, 5.41) is 6.88. The predicted molar refractivity (Wildman–Crippen MR) is 49.5 cm³/mol. The second-order valence-corrected chi connectivity index (χ2v) is 3.65. The number of anilines is 1. The molecule has 1 aromatic heterocycles. The summed E-state index contributed by atoms with van der Waals surface area (Å²) in [5.74, 6) is 2.24. The van der Waals surface area contributed by atoms with Crippen LogP contribution in [-0.2, 0) is 0 Å². The fourth-order valence-electron chi connectivity index (χ4n) is 1.37. The molecule has 1 saturated carbocycles. The molecule has 0 aromatic carbocycles. The molecule has 13 heavy (non-hydrogen) atoms. The molecule has 1 aliphatic carbocycles. The number of nitrogens with zero attached hydrogens (tertiary/aromatic N) is 2. The Morgan fingerprint density at radius 2 is 2.38 bits per heavy atom. The lowest BCUT2D eigenvalue weighted by Crippen LogP contribution is -2.03. The Morgan fingerprint density at radius 1 is 1.54 bits per heavy atom. The van der Waals surface area contributed by atoms with Gasteiger partial charge in [0.2, 0.25) is 5.89 Å². The fourth-order valence-corrected chi connectivity index (χ4v) is 1.37. The standard InChI is InChI=1S/C9H15N3O/c1-7-11-9(12-13-7)10-6-2-3-8-4-5-8/h8H,2-6H2,1H3,(H,10,12). The molecule has 0 spiro atoms. The molecule has 0 amide bonds. The summed E-state index contributed by atoms with van der Waals surface area (Å²) in [7, 11) is 0. The van der Waals surface area contributed by atoms with Crippen molar-refractivity contribution in [3.63, 3.8) is 0 Å². The van der Waals surface area contributed by atoms with Crippen molar-refractivity contribution >= 4 is 5.95 Å². The molecular formula is C9H15N3O. The third kappa shape index (κ3) is 2.72. The van der Waals surface area contributed by atoms with Crippen molar-refractivity contribution in [2.24, 2.45) is 5.92 Å². The number of nitrogens with one attached hydrogen (secondary N) is 1. The highest BCUT2D eigenvalue weighted by molar-refractivity contribution is 5.20. The van der Waals surface area contributed by atoms with Crippen molar-refractivity contribution in [3.05, 3.63) is 5.89 Å². The largest absolute Gasteiger partial charge is 0.352 e. The maximum absolute atomic E-state index is 4.83. The lowest BCUT2D eigenvalue weighted by molar-refractivity contribution is 0.394. The highest BCUT2D eigenvalue weighted by Crippen LogP contribution is 2.33. The summed E-state index contributed by atoms with van der Waals surface area (Å²) in [6.07, 6.45) is 5.41. The highest BCUT2D eigenvalue weighted by Gasteiger charge is 2.19. The molecule has 1 fully saturated rings. The Hall–Kier alpha value is -1.06. The van der Waals surface area contributed by atoms with E-state index < -0.39 is 0 Å². The molecule has 0 bridgehead atoms. The van der Waals surface area contributed by atoms with Gasteiger partial charge in [-0.15, -0.1) is 0 Å². The van der Waals surface area contributed by atoms with Crippen LogP contribution in [0.3, 0.4) is 0 Å². The van der Waals surface area contributed by atoms with Crippen LogP contribution >= 0.6 is 0 Å². The summed E-state index contributed by atoms with van der Waals surface area (Å²) in [4.78, 5) is 4.05. The van der Waals surface area contributed by atoms with Gasteiger partial charge < -0.3 is 9.84 Å². The molecular weight excluding hydrogens is 166 g/mol. The summed E-state index contributed by atoms with van der Waals surface area (Å²) in [5.41, 5.74) is 0. The van der Waals surface area contributed by atoms with Crippen LogP contribution in [0.4, 0.5) is 5.95 Å². The van der Waals surface area contributed by atoms with Gasteiger partial charge >= 0.3 is 0 Å². The fraction of sp³-hybridized carbons (Fsp3) is 0.778. The number of hydrogen-bond donors (Lipinski definition) is 1. The molecule has 4 nitrogen and oxygen atoms in total. The van der Waals surface area contributed by atoms with Gasteiger partial charge in [0.1, 0.15) is 0 Å². The van der Waals surface area contributed by atoms with Crippen molar-refractivity contribution in [2.45, 2.75) is 32.6 Å². The summed E-state index contributed by atoms with van der Waals surface area (Å²) >= 11 is 0. The minimum absolute atomic E-state index is 0.615. The van der Waals surface area contributed by atoms with E-state index in [1.807, 2.05) is 0 Å². The summed E-state index contributed by atoms with van der Waals surface area (Å²) in [6, 6.07) is 0. The Morgan fingerprint density at radius 3 is 3.00 bits per heavy atom. The van der Waals surface area contributed by atoms with Crippen LogP contribution in [0, 0.1) is 12.8 Å². The minimum Gasteiger partial charge on any atom is -0.352 e. The van der Waals surface area contributed by atoms with E-state index >= 15 is 0 Å². The number of hydrogen-bond acceptors (Lipinski definition) is 4. The molecule has 0 atom stereocenters. The third-order valence-electron chi connectivity index (χ3n) is 2.30. The van der Waals surface area contributed by atoms with Crippen molar-refractivity contribution in [2.75, 3.05) is 11.9 Å². The van der Waals surface area contributed by atoms with E-state index in [-0.39, 0.29) is 0 Å². The van der Waals surface area contributed by atoms with Crippen LogP contribution < -0.4 is 5.32 Å². The Balaban J connectivity index is 1.61. The second kappa shape index (κ2) is 3.77. The maximum Gasteiger partial charge on any atom is 0.263 e. The van der Waals surface area contributed by atoms with E-state index in [9.17, 15) is 0 Å². The van der Waals surface area contributed by atoms with Gasteiger partial charge in [-0.25, -0.2) is 0 Å². The predicted octanol–water partition coefficient (Wildman–Crippen LogP) is 1.98. The first-order valence-corrected chi connectivity index (χ1v) is 4.89. The highest BCUT2D eigenvalue weighted by atomic mass is 16.5. The lowest BCUT2D eigenvalue weighted by Gasteiger charge is -1.98. The van der Waals surface area contributed by atoms with Crippen LogP contribution in [0.15, 0.2) is 4.52 Å². The van der Waals surface area contributed by atoms with E-state index in [4.69, 9.17) is 4.52 Å². The molecule has 0 unspecified atom stereocenters. The van der Waals surface area contributed by atoms with E-state index in [1.54, 1.807) is 6.92 Å². The first kappa shape index (κ1) is 8.53. The molecule has 1 aromatic rings. The Bertz CT molecular complexity index is 268. The van der Waals surface area contributed by atoms with Gasteiger partial charge in [0.15, 0.2) is 0 Å². The zero-order valence-corrected chi connectivity index (χ0v) is 7.92. The summed E-state index contributed by atoms with van der Waals surface area (Å²) in [6.45, 7) is 2.75. The molecule has 1 aliphatic rings. The quantitative estimate of drug-likeness (QED) is 0.706. The van der Waals surface area contributed by atoms with Crippen molar-refractivity contribution in [3.8, 4) is 0 Å². The zero-order chi connectivity index (χ0) is 9.10. The topological polar surface area (TPSA) is 51.0 Å². The van der Waals surface area contributed by atoms with Crippen LogP contribution in [-0.4, -0.2) is 16.7 Å². The normalized spacial score (nSPS) is 16.1. The second-order valence-electron chi connectivity index (χ2n) is 3.65. The first-order valence-electron chi connectivity index (χ1n) is 4.89. The van der Waals surface area contributed by atoms with Gasteiger partial charge in [-0.05, 0) is 23.9 Å². The van der Waals surface area contributed by atoms with Gasteiger partial charge in [-0.2, -0.15) is 4.98 Å². The molecule has 2 rings (SSSR count). The number of aryl methyl sites for hydroxylation is 1. The average Bonchev–Trinajstić information content (AvgIpc) is 2.84. The van der Waals surface area contributed by atoms with Gasteiger partial charge in [-0.3, -0.25) is 0 Å². The van der Waals surface area contributed by atoms with Gasteiger partial charge in [0, 0.05) is 13.5 Å². The van der Waals surface area contributed by atoms with Gasteiger partial charge in [0.25, 0.3) is 5.95 Å². The van der Waals surface area contributed by atoms with Gasteiger partial charge in [0.05, 0.1) is 0 Å². The van der Waals surface area contributed by atoms with Crippen LogP contribution in [0.2, 0.25) is 0 Å². The minimum atomic E-state index is 0.615. The van der Waals surface area contributed by atoms with Crippen LogP contribution in [0.1, 0.15) is 31.6 Å². The Kier molecular flexibility index (Phi) is 2.47. The molecule has 4 heteroatoms. The van der Waals surface area contributed by atoms with E-state index in [2.05, 4.69) is 15.5 Å². The number of aromatic nitrogens is 2. The van der Waals surface area contributed by atoms with E-state index in [0.717, 1.165) is 12.5 Å². The number of rotatable bonds is 5. The third-order valence-corrected chi connectivity index (χ3v) is 2.30. The molecule has 1 heterocycles. The Labute approximate surface area is 77.7 Å². The monoisotopic (exact) mass is 181 g/mol. The van der Waals surface area contributed by atoms with Crippen molar-refractivity contribution in [1.82, 2.24) is 10.1 Å². The van der Waals surface area contributed by atoms with Crippen LogP contribution in [0.25, 0.3) is 0 Å². The van der Waals surface area contributed by atoms with Crippen molar-refractivity contribution in [1.29, 1.82) is 0 Å². The van der Waals surface area contributed by atoms with E-state index in [1.165, 1.54) is 25.7 Å². The molecule has 72 valence electrons. The maximum atomic E-state index is 4.83. The SMILES string of the molecule is Cc1nc(NCCCC2CC2)no1. The lowest BCUT2D eigenvalue weighted by atomic mass is 10.2. The van der Waals surface area contributed by atoms with E-state index in [0.29, 0.717) is 11.8 Å². The average molecular weight is 181 g/mol. The van der Waals surface area contributed by atoms with Gasteiger partial charge in [-0.1, -0.05) is 12.8 Å². The molecule has 0 saturated heterocycles. The first-order chi connectivity index (χ1) is 6.34. The molecule has 1 N–H and O–H groups in total. The molecule has 0 aliphatic heterocycles. The van der Waals surface area contributed by atoms with Crippen LogP contribution in [0.5, 0.6) is 0 Å². The van der Waals surface area contributed by atoms with Crippen molar-refractivity contribution < 1.29 is 4.52 Å². The molecule has 0 radical (unpaired) electrons.